The Labute approximate surface area is 137 Å². The van der Waals surface area contributed by atoms with Gasteiger partial charge in [0.05, 0.1) is 6.04 Å². The van der Waals surface area contributed by atoms with E-state index < -0.39 is 6.04 Å². The van der Waals surface area contributed by atoms with Gasteiger partial charge < -0.3 is 5.32 Å². The second-order valence-electron chi connectivity index (χ2n) is 5.95. The van der Waals surface area contributed by atoms with E-state index in [0.29, 0.717) is 12.8 Å². The lowest BCUT2D eigenvalue weighted by molar-refractivity contribution is -0.129. The van der Waals surface area contributed by atoms with Gasteiger partial charge in [-0.15, -0.1) is 0 Å². The fourth-order valence-electron chi connectivity index (χ4n) is 2.52. The van der Waals surface area contributed by atoms with Gasteiger partial charge in [0.25, 0.3) is 0 Å². The van der Waals surface area contributed by atoms with Crippen molar-refractivity contribution in [3.05, 3.63) is 71.8 Å². The monoisotopic (exact) mass is 309 g/mol. The first-order valence-electron chi connectivity index (χ1n) is 7.95. The summed E-state index contributed by atoms with van der Waals surface area (Å²) in [7, 11) is 0. The summed E-state index contributed by atoms with van der Waals surface area (Å²) in [5.41, 5.74) is 2.17. The molecule has 0 spiro atoms. The molecule has 0 fully saturated rings. The van der Waals surface area contributed by atoms with E-state index in [1.165, 1.54) is 6.92 Å². The summed E-state index contributed by atoms with van der Waals surface area (Å²) in [6.07, 6.45) is 1.20. The Morgan fingerprint density at radius 1 is 0.870 bits per heavy atom. The highest BCUT2D eigenvalue weighted by molar-refractivity contribution is 5.88. The Morgan fingerprint density at radius 3 is 1.83 bits per heavy atom. The number of benzene rings is 2. The molecule has 0 aromatic heterocycles. The van der Waals surface area contributed by atoms with Gasteiger partial charge in [-0.3, -0.25) is 9.59 Å². The number of rotatable bonds is 7. The highest BCUT2D eigenvalue weighted by Gasteiger charge is 2.21. The van der Waals surface area contributed by atoms with E-state index in [9.17, 15) is 9.59 Å². The van der Waals surface area contributed by atoms with Crippen LogP contribution in [0.3, 0.4) is 0 Å². The first-order valence-corrected chi connectivity index (χ1v) is 7.95. The van der Waals surface area contributed by atoms with Crippen molar-refractivity contribution < 1.29 is 9.59 Å². The Hall–Kier alpha value is -2.42. The summed E-state index contributed by atoms with van der Waals surface area (Å²) in [5, 5.41) is 2.90. The molecule has 1 N–H and O–H groups in total. The quantitative estimate of drug-likeness (QED) is 0.854. The molecule has 0 heterocycles. The van der Waals surface area contributed by atoms with Gasteiger partial charge in [-0.2, -0.15) is 0 Å². The number of ketones is 1. The van der Waals surface area contributed by atoms with Gasteiger partial charge in [0.15, 0.2) is 5.78 Å². The molecule has 0 aliphatic carbocycles. The normalized spacial score (nSPS) is 13.1. The van der Waals surface area contributed by atoms with Crippen LogP contribution >= 0.6 is 0 Å². The molecule has 2 rings (SSSR count). The molecule has 1 amide bonds. The zero-order valence-electron chi connectivity index (χ0n) is 13.7. The largest absolute Gasteiger partial charge is 0.346 e. The van der Waals surface area contributed by atoms with Crippen molar-refractivity contribution in [1.29, 1.82) is 0 Å². The van der Waals surface area contributed by atoms with Crippen molar-refractivity contribution in [3.8, 4) is 0 Å². The van der Waals surface area contributed by atoms with Crippen LogP contribution in [0.2, 0.25) is 0 Å². The number of Topliss-reactive ketones (excluding diaryl/α,β-unsaturated/α-hetero) is 1. The van der Waals surface area contributed by atoms with Crippen molar-refractivity contribution in [1.82, 2.24) is 5.32 Å². The van der Waals surface area contributed by atoms with Crippen LogP contribution in [0.15, 0.2) is 60.7 Å². The van der Waals surface area contributed by atoms with Crippen molar-refractivity contribution in [2.45, 2.75) is 32.7 Å². The molecular formula is C20H23NO2. The molecule has 0 saturated carbocycles. The molecule has 2 unspecified atom stereocenters. The van der Waals surface area contributed by atoms with Crippen LogP contribution in [0.4, 0.5) is 0 Å². The molecule has 0 saturated heterocycles. The van der Waals surface area contributed by atoms with Crippen molar-refractivity contribution >= 4 is 11.7 Å². The van der Waals surface area contributed by atoms with E-state index in [-0.39, 0.29) is 17.6 Å². The summed E-state index contributed by atoms with van der Waals surface area (Å²) in [6, 6.07) is 19.2. The lowest BCUT2D eigenvalue weighted by Crippen LogP contribution is -2.44. The highest BCUT2D eigenvalue weighted by atomic mass is 16.2. The van der Waals surface area contributed by atoms with Crippen LogP contribution in [0.5, 0.6) is 0 Å². The van der Waals surface area contributed by atoms with Crippen LogP contribution in [-0.2, 0) is 22.4 Å². The van der Waals surface area contributed by atoms with Gasteiger partial charge in [0.2, 0.25) is 5.91 Å². The molecule has 3 heteroatoms. The molecule has 2 atom stereocenters. The Balaban J connectivity index is 1.96. The summed E-state index contributed by atoms with van der Waals surface area (Å²) >= 11 is 0. The van der Waals surface area contributed by atoms with Crippen LogP contribution in [0, 0.1) is 5.92 Å². The summed E-state index contributed by atoms with van der Waals surface area (Å²) < 4.78 is 0. The summed E-state index contributed by atoms with van der Waals surface area (Å²) in [5.74, 6) is -0.269. The first kappa shape index (κ1) is 16.9. The van der Waals surface area contributed by atoms with Gasteiger partial charge >= 0.3 is 0 Å². The number of nitrogens with one attached hydrogen (secondary N) is 1. The molecule has 0 radical (unpaired) electrons. The second-order valence-corrected chi connectivity index (χ2v) is 5.95. The minimum atomic E-state index is -0.469. The standard InChI is InChI=1S/C20H23NO2/c1-15(13-17-9-5-3-6-10-17)20(23)21-19(16(2)22)14-18-11-7-4-8-12-18/h3-12,15,19H,13-14H2,1-2H3,(H,21,23). The van der Waals surface area contributed by atoms with E-state index >= 15 is 0 Å². The second kappa shape index (κ2) is 8.28. The average Bonchev–Trinajstić information content (AvgIpc) is 2.56. The van der Waals surface area contributed by atoms with E-state index in [2.05, 4.69) is 5.32 Å². The van der Waals surface area contributed by atoms with E-state index in [1.807, 2.05) is 67.6 Å². The van der Waals surface area contributed by atoms with Crippen molar-refractivity contribution in [2.75, 3.05) is 0 Å². The molecule has 2 aromatic rings. The van der Waals surface area contributed by atoms with Crippen LogP contribution < -0.4 is 5.32 Å². The van der Waals surface area contributed by atoms with Crippen molar-refractivity contribution in [3.63, 3.8) is 0 Å². The third-order valence-electron chi connectivity index (χ3n) is 3.92. The number of hydrogen-bond donors (Lipinski definition) is 1. The molecule has 120 valence electrons. The molecule has 0 bridgehead atoms. The number of hydrogen-bond acceptors (Lipinski definition) is 2. The van der Waals surface area contributed by atoms with Crippen LogP contribution in [0.1, 0.15) is 25.0 Å². The Morgan fingerprint density at radius 2 is 1.35 bits per heavy atom. The average molecular weight is 309 g/mol. The third-order valence-corrected chi connectivity index (χ3v) is 3.92. The minimum Gasteiger partial charge on any atom is -0.346 e. The highest BCUT2D eigenvalue weighted by Crippen LogP contribution is 2.10. The molecule has 3 nitrogen and oxygen atoms in total. The maximum atomic E-state index is 12.4. The van der Waals surface area contributed by atoms with Crippen LogP contribution in [0.25, 0.3) is 0 Å². The SMILES string of the molecule is CC(=O)C(Cc1ccccc1)NC(=O)C(C)Cc1ccccc1. The fraction of sp³-hybridized carbons (Fsp3) is 0.300. The van der Waals surface area contributed by atoms with Gasteiger partial charge in [-0.05, 0) is 30.9 Å². The Kier molecular flexibility index (Phi) is 6.10. The molecule has 2 aromatic carbocycles. The van der Waals surface area contributed by atoms with E-state index in [1.54, 1.807) is 0 Å². The van der Waals surface area contributed by atoms with E-state index in [4.69, 9.17) is 0 Å². The first-order chi connectivity index (χ1) is 11.1. The predicted octanol–water partition coefficient (Wildman–Crippen LogP) is 3.18. The van der Waals surface area contributed by atoms with Gasteiger partial charge in [-0.25, -0.2) is 0 Å². The molecule has 0 aliphatic heterocycles. The third kappa shape index (κ3) is 5.37. The zero-order valence-corrected chi connectivity index (χ0v) is 13.7. The predicted molar refractivity (Wildman–Crippen MR) is 92.1 cm³/mol. The van der Waals surface area contributed by atoms with Crippen molar-refractivity contribution in [2.24, 2.45) is 5.92 Å². The lowest BCUT2D eigenvalue weighted by Gasteiger charge is -2.19. The van der Waals surface area contributed by atoms with Gasteiger partial charge in [0, 0.05) is 5.92 Å². The molecule has 0 aliphatic rings. The zero-order chi connectivity index (χ0) is 16.7. The summed E-state index contributed by atoms with van der Waals surface area (Å²) in [4.78, 5) is 24.2. The minimum absolute atomic E-state index is 0.0193. The fourth-order valence-corrected chi connectivity index (χ4v) is 2.52. The topological polar surface area (TPSA) is 46.2 Å². The number of carbonyl (C=O) groups is 2. The maximum Gasteiger partial charge on any atom is 0.223 e. The van der Waals surface area contributed by atoms with Gasteiger partial charge in [0.1, 0.15) is 0 Å². The smallest absolute Gasteiger partial charge is 0.223 e. The molecule has 23 heavy (non-hydrogen) atoms. The maximum absolute atomic E-state index is 12.4. The summed E-state index contributed by atoms with van der Waals surface area (Å²) in [6.45, 7) is 3.41. The number of carbonyl (C=O) groups excluding carboxylic acids is 2. The van der Waals surface area contributed by atoms with Gasteiger partial charge in [-0.1, -0.05) is 67.6 Å². The lowest BCUT2D eigenvalue weighted by atomic mass is 9.98. The Bertz CT molecular complexity index is 637. The van der Waals surface area contributed by atoms with E-state index in [0.717, 1.165) is 11.1 Å². The van der Waals surface area contributed by atoms with Crippen LogP contribution in [-0.4, -0.2) is 17.7 Å². The molecular weight excluding hydrogens is 286 g/mol. The number of amides is 1.